The van der Waals surface area contributed by atoms with E-state index in [-0.39, 0.29) is 18.0 Å². The molecule has 2 amide bonds. The number of hydrogen-bond donors (Lipinski definition) is 0. The van der Waals surface area contributed by atoms with Crippen LogP contribution in [-0.4, -0.2) is 64.4 Å². The molecule has 0 radical (unpaired) electrons. The average molecular weight is 357 g/mol. The fourth-order valence-electron chi connectivity index (χ4n) is 2.93. The van der Waals surface area contributed by atoms with Crippen molar-refractivity contribution in [1.82, 2.24) is 19.6 Å². The van der Waals surface area contributed by atoms with Crippen molar-refractivity contribution >= 4 is 23.6 Å². The Balaban J connectivity index is 2.05. The number of aromatic nitrogens is 2. The van der Waals surface area contributed by atoms with Crippen LogP contribution in [0.25, 0.3) is 0 Å². The number of hydrogen-bond acceptors (Lipinski definition) is 4. The van der Waals surface area contributed by atoms with Gasteiger partial charge in [-0.2, -0.15) is 5.10 Å². The van der Waals surface area contributed by atoms with Gasteiger partial charge < -0.3 is 14.5 Å². The molecule has 1 aliphatic rings. The van der Waals surface area contributed by atoms with E-state index in [0.717, 1.165) is 11.4 Å². The van der Waals surface area contributed by atoms with Crippen LogP contribution < -0.4 is 0 Å². The second kappa shape index (κ2) is 7.88. The second-order valence-electron chi connectivity index (χ2n) is 5.86. The molecule has 7 nitrogen and oxygen atoms in total. The molecule has 0 aromatic carbocycles. The molecule has 1 aromatic heterocycles. The van der Waals surface area contributed by atoms with E-state index < -0.39 is 0 Å². The minimum Gasteiger partial charge on any atom is -0.450 e. The van der Waals surface area contributed by atoms with Crippen LogP contribution in [0.1, 0.15) is 37.7 Å². The maximum absolute atomic E-state index is 12.9. The normalized spacial score (nSPS) is 16.2. The molecule has 0 N–H and O–H groups in total. The topological polar surface area (TPSA) is 67.7 Å². The Labute approximate surface area is 147 Å². The third-order valence-electron chi connectivity index (χ3n) is 4.32. The molecular weight excluding hydrogens is 332 g/mol. The number of nitrogens with zero attached hydrogens (tertiary/aromatic N) is 4. The largest absolute Gasteiger partial charge is 0.450 e. The number of carbonyl (C=O) groups is 2. The third-order valence-corrected chi connectivity index (χ3v) is 4.87. The lowest BCUT2D eigenvalue weighted by Crippen LogP contribution is -2.52. The van der Waals surface area contributed by atoms with E-state index in [2.05, 4.69) is 5.10 Å². The van der Waals surface area contributed by atoms with E-state index in [4.69, 9.17) is 16.3 Å². The molecule has 24 heavy (non-hydrogen) atoms. The monoisotopic (exact) mass is 356 g/mol. The van der Waals surface area contributed by atoms with Crippen molar-refractivity contribution in [3.63, 3.8) is 0 Å². The zero-order chi connectivity index (χ0) is 17.9. The predicted octanol–water partition coefficient (Wildman–Crippen LogP) is 2.41. The molecule has 0 bridgehead atoms. The number of carbonyl (C=O) groups excluding carboxylic acids is 2. The number of piperazine rings is 1. The first-order chi connectivity index (χ1) is 11.4. The zero-order valence-electron chi connectivity index (χ0n) is 14.7. The smallest absolute Gasteiger partial charge is 0.409 e. The van der Waals surface area contributed by atoms with E-state index in [1.807, 2.05) is 20.8 Å². The number of aryl methyl sites for hydroxylation is 1. The molecule has 1 fully saturated rings. The van der Waals surface area contributed by atoms with Crippen LogP contribution in [0.4, 0.5) is 4.79 Å². The van der Waals surface area contributed by atoms with Gasteiger partial charge in [-0.25, -0.2) is 4.79 Å². The molecule has 1 atom stereocenters. The van der Waals surface area contributed by atoms with Crippen molar-refractivity contribution in [1.29, 1.82) is 0 Å². The van der Waals surface area contributed by atoms with E-state index in [0.29, 0.717) is 44.2 Å². The molecule has 1 aliphatic heterocycles. The quantitative estimate of drug-likeness (QED) is 0.830. The van der Waals surface area contributed by atoms with Crippen LogP contribution in [0, 0.1) is 13.8 Å². The summed E-state index contributed by atoms with van der Waals surface area (Å²) in [7, 11) is 0. The van der Waals surface area contributed by atoms with Crippen LogP contribution in [0.15, 0.2) is 0 Å². The first kappa shape index (κ1) is 18.6. The Hall–Kier alpha value is -1.76. The van der Waals surface area contributed by atoms with E-state index in [1.165, 1.54) is 0 Å². The Morgan fingerprint density at radius 2 is 1.75 bits per heavy atom. The van der Waals surface area contributed by atoms with E-state index in [1.54, 1.807) is 21.4 Å². The highest BCUT2D eigenvalue weighted by Crippen LogP contribution is 2.25. The van der Waals surface area contributed by atoms with Crippen LogP contribution in [0.5, 0.6) is 0 Å². The van der Waals surface area contributed by atoms with Crippen LogP contribution in [-0.2, 0) is 9.53 Å². The van der Waals surface area contributed by atoms with Gasteiger partial charge in [0.05, 0.1) is 23.0 Å². The number of amides is 2. The number of rotatable bonds is 4. The number of halogens is 1. The van der Waals surface area contributed by atoms with Gasteiger partial charge in [-0.3, -0.25) is 9.48 Å². The Kier molecular flexibility index (Phi) is 6.10. The first-order valence-electron chi connectivity index (χ1n) is 8.32. The van der Waals surface area contributed by atoms with Gasteiger partial charge in [-0.05, 0) is 27.2 Å². The molecule has 1 unspecified atom stereocenters. The molecule has 1 aromatic rings. The van der Waals surface area contributed by atoms with Crippen LogP contribution >= 0.6 is 11.6 Å². The van der Waals surface area contributed by atoms with Crippen molar-refractivity contribution in [2.45, 2.75) is 40.2 Å². The molecular formula is C16H25ClN4O3. The van der Waals surface area contributed by atoms with Gasteiger partial charge in [0.25, 0.3) is 0 Å². The summed E-state index contributed by atoms with van der Waals surface area (Å²) < 4.78 is 6.72. The summed E-state index contributed by atoms with van der Waals surface area (Å²) in [4.78, 5) is 28.1. The van der Waals surface area contributed by atoms with Crippen LogP contribution in [0.3, 0.4) is 0 Å². The van der Waals surface area contributed by atoms with Crippen molar-refractivity contribution in [3.8, 4) is 0 Å². The Morgan fingerprint density at radius 1 is 1.17 bits per heavy atom. The van der Waals surface area contributed by atoms with Gasteiger partial charge in [0.1, 0.15) is 6.04 Å². The summed E-state index contributed by atoms with van der Waals surface area (Å²) in [5.41, 5.74) is 1.53. The molecule has 0 saturated carbocycles. The summed E-state index contributed by atoms with van der Waals surface area (Å²) in [6, 6.07) is -0.370. The fourth-order valence-corrected chi connectivity index (χ4v) is 3.06. The van der Waals surface area contributed by atoms with Crippen molar-refractivity contribution in [2.24, 2.45) is 0 Å². The minimum absolute atomic E-state index is 0.0169. The second-order valence-corrected chi connectivity index (χ2v) is 6.24. The highest BCUT2D eigenvalue weighted by Gasteiger charge is 2.31. The van der Waals surface area contributed by atoms with Crippen molar-refractivity contribution in [3.05, 3.63) is 16.4 Å². The molecule has 2 rings (SSSR count). The minimum atomic E-state index is -0.370. The summed E-state index contributed by atoms with van der Waals surface area (Å²) in [5.74, 6) is 0.0169. The maximum Gasteiger partial charge on any atom is 0.409 e. The van der Waals surface area contributed by atoms with Crippen molar-refractivity contribution < 1.29 is 14.3 Å². The van der Waals surface area contributed by atoms with Gasteiger partial charge in [-0.15, -0.1) is 0 Å². The zero-order valence-corrected chi connectivity index (χ0v) is 15.5. The van der Waals surface area contributed by atoms with Gasteiger partial charge in [0.15, 0.2) is 0 Å². The lowest BCUT2D eigenvalue weighted by Gasteiger charge is -2.35. The molecule has 134 valence electrons. The SMILES string of the molecule is CCOC(=O)N1CCN(C(=O)C(CC)n2nc(C)c(Cl)c2C)CC1. The fraction of sp³-hybridized carbons (Fsp3) is 0.688. The summed E-state index contributed by atoms with van der Waals surface area (Å²) >= 11 is 6.21. The van der Waals surface area contributed by atoms with Gasteiger partial charge >= 0.3 is 6.09 Å². The Morgan fingerprint density at radius 3 is 2.21 bits per heavy atom. The van der Waals surface area contributed by atoms with E-state index >= 15 is 0 Å². The molecule has 2 heterocycles. The standard InChI is InChI=1S/C16H25ClN4O3/c1-5-13(21-12(4)14(17)11(3)18-21)15(22)19-7-9-20(10-8-19)16(23)24-6-2/h13H,5-10H2,1-4H3. The van der Waals surface area contributed by atoms with Gasteiger partial charge in [0.2, 0.25) is 5.91 Å². The van der Waals surface area contributed by atoms with Gasteiger partial charge in [0, 0.05) is 26.2 Å². The van der Waals surface area contributed by atoms with E-state index in [9.17, 15) is 9.59 Å². The lowest BCUT2D eigenvalue weighted by atomic mass is 10.1. The maximum atomic E-state index is 12.9. The number of ether oxygens (including phenoxy) is 1. The summed E-state index contributed by atoms with van der Waals surface area (Å²) in [5, 5.41) is 5.02. The molecule has 1 saturated heterocycles. The summed E-state index contributed by atoms with van der Waals surface area (Å²) in [6.45, 7) is 9.78. The molecule has 0 aliphatic carbocycles. The van der Waals surface area contributed by atoms with Crippen molar-refractivity contribution in [2.75, 3.05) is 32.8 Å². The Bertz CT molecular complexity index is 609. The molecule has 8 heteroatoms. The van der Waals surface area contributed by atoms with Crippen LogP contribution in [0.2, 0.25) is 5.02 Å². The first-order valence-corrected chi connectivity index (χ1v) is 8.70. The predicted molar refractivity (Wildman–Crippen MR) is 91.2 cm³/mol. The third kappa shape index (κ3) is 3.66. The summed E-state index contributed by atoms with van der Waals surface area (Å²) in [6.07, 6.45) is 0.317. The molecule has 0 spiro atoms. The van der Waals surface area contributed by atoms with Gasteiger partial charge in [-0.1, -0.05) is 18.5 Å². The highest BCUT2D eigenvalue weighted by atomic mass is 35.5. The average Bonchev–Trinajstić information content (AvgIpc) is 2.83. The highest BCUT2D eigenvalue weighted by molar-refractivity contribution is 6.31. The lowest BCUT2D eigenvalue weighted by molar-refractivity contribution is -0.136.